The molecule has 4 heterocycles. The quantitative estimate of drug-likeness (QED) is 0.312. The van der Waals surface area contributed by atoms with Crippen molar-refractivity contribution in [1.29, 1.82) is 5.26 Å². The van der Waals surface area contributed by atoms with Gasteiger partial charge in [0.15, 0.2) is 0 Å². The number of hydrogen-bond acceptors (Lipinski definition) is 10. The molecule has 14 heteroatoms. The van der Waals surface area contributed by atoms with Crippen LogP contribution in [0.3, 0.4) is 0 Å². The molecule has 290 valence electrons. The lowest BCUT2D eigenvalue weighted by atomic mass is 9.49. The second-order valence-corrected chi connectivity index (χ2v) is 17.0. The largest absolute Gasteiger partial charge is 0.489 e. The number of nitriles is 1. The standard InChI is InChI=1S/C42H44ClN7O6/c1-41(2)39(42(3,4)40(41)56-29-11-7-25(21-44)32(43)20-29)45-26-8-5-24(6-9-26)36(53)48-17-15-47(16-18-48)28-22-49(23-28)27-10-12-30-31(19-27)38(55)50(37(30)54)33-13-14-34(51)46-35(33)52/h5-12,19-20,28,33,39-40,45H,13-18,22-23H2,1-4H3,(H,46,51,52)/t33?,39-,40-. The molecule has 0 spiro atoms. The Kier molecular flexibility index (Phi) is 9.32. The van der Waals surface area contributed by atoms with Crippen molar-refractivity contribution in [3.8, 4) is 11.8 Å². The molecule has 2 N–H and O–H groups in total. The van der Waals surface area contributed by atoms with Gasteiger partial charge >= 0.3 is 0 Å². The zero-order valence-corrected chi connectivity index (χ0v) is 32.6. The molecule has 1 unspecified atom stereocenters. The summed E-state index contributed by atoms with van der Waals surface area (Å²) in [6.07, 6.45) is 0.0972. The number of carbonyl (C=O) groups excluding carboxylic acids is 5. The van der Waals surface area contributed by atoms with E-state index in [-0.39, 0.29) is 52.9 Å². The van der Waals surface area contributed by atoms with Gasteiger partial charge in [0.1, 0.15) is 24.0 Å². The van der Waals surface area contributed by atoms with Gasteiger partial charge in [-0.15, -0.1) is 0 Å². The molecule has 4 aliphatic heterocycles. The summed E-state index contributed by atoms with van der Waals surface area (Å²) in [5.41, 5.74) is 2.92. The predicted molar refractivity (Wildman–Crippen MR) is 209 cm³/mol. The Morgan fingerprint density at radius 1 is 0.893 bits per heavy atom. The van der Waals surface area contributed by atoms with E-state index in [0.29, 0.717) is 41.0 Å². The molecule has 1 atom stereocenters. The first-order chi connectivity index (χ1) is 26.7. The molecule has 5 aliphatic rings. The van der Waals surface area contributed by atoms with Crippen molar-refractivity contribution in [2.45, 2.75) is 64.8 Å². The maximum absolute atomic E-state index is 13.5. The highest BCUT2D eigenvalue weighted by Gasteiger charge is 2.63. The van der Waals surface area contributed by atoms with E-state index in [2.05, 4.69) is 54.2 Å². The number of nitrogens with zero attached hydrogens (tertiary/aromatic N) is 5. The summed E-state index contributed by atoms with van der Waals surface area (Å²) in [4.78, 5) is 71.4. The van der Waals surface area contributed by atoms with Crippen molar-refractivity contribution < 1.29 is 28.7 Å². The van der Waals surface area contributed by atoms with Crippen LogP contribution in [0.2, 0.25) is 5.02 Å². The number of piperidine rings is 1. The molecular formula is C42H44ClN7O6. The first-order valence-electron chi connectivity index (χ1n) is 19.0. The van der Waals surface area contributed by atoms with Gasteiger partial charge < -0.3 is 19.9 Å². The average Bonchev–Trinajstić information content (AvgIpc) is 3.40. The second-order valence-electron chi connectivity index (χ2n) is 16.6. The lowest BCUT2D eigenvalue weighted by Gasteiger charge is -2.63. The number of anilines is 2. The molecule has 3 saturated heterocycles. The average molecular weight is 778 g/mol. The zero-order valence-electron chi connectivity index (χ0n) is 31.8. The molecule has 3 aromatic carbocycles. The number of ether oxygens (including phenoxy) is 1. The minimum atomic E-state index is -0.990. The van der Waals surface area contributed by atoms with E-state index >= 15 is 0 Å². The van der Waals surface area contributed by atoms with Gasteiger partial charge in [0, 0.05) is 91.6 Å². The van der Waals surface area contributed by atoms with E-state index in [9.17, 15) is 29.2 Å². The number of piperazine rings is 1. The van der Waals surface area contributed by atoms with E-state index in [1.807, 2.05) is 35.2 Å². The van der Waals surface area contributed by atoms with Crippen LogP contribution in [-0.4, -0.2) is 108 Å². The van der Waals surface area contributed by atoms with Crippen LogP contribution < -0.4 is 20.3 Å². The topological polar surface area (TPSA) is 155 Å². The molecule has 0 radical (unpaired) electrons. The van der Waals surface area contributed by atoms with Crippen LogP contribution in [0.1, 0.15) is 77.2 Å². The normalized spacial score (nSPS) is 24.5. The lowest BCUT2D eigenvalue weighted by Crippen LogP contribution is -2.72. The smallest absolute Gasteiger partial charge is 0.262 e. The maximum Gasteiger partial charge on any atom is 0.262 e. The van der Waals surface area contributed by atoms with Crippen molar-refractivity contribution in [3.63, 3.8) is 0 Å². The van der Waals surface area contributed by atoms with E-state index < -0.39 is 29.7 Å². The predicted octanol–water partition coefficient (Wildman–Crippen LogP) is 4.55. The van der Waals surface area contributed by atoms with Crippen molar-refractivity contribution >= 4 is 52.5 Å². The molecule has 8 rings (SSSR count). The number of imide groups is 2. The van der Waals surface area contributed by atoms with Crippen molar-refractivity contribution in [2.75, 3.05) is 49.5 Å². The number of nitrogens with one attached hydrogen (secondary N) is 2. The van der Waals surface area contributed by atoms with Crippen LogP contribution in [0.4, 0.5) is 11.4 Å². The molecular weight excluding hydrogens is 734 g/mol. The summed E-state index contributed by atoms with van der Waals surface area (Å²) < 4.78 is 6.42. The van der Waals surface area contributed by atoms with Crippen molar-refractivity contribution in [2.24, 2.45) is 10.8 Å². The highest BCUT2D eigenvalue weighted by atomic mass is 35.5. The van der Waals surface area contributed by atoms with Crippen LogP contribution in [0.5, 0.6) is 5.75 Å². The number of rotatable bonds is 8. The van der Waals surface area contributed by atoms with E-state index in [0.717, 1.165) is 42.5 Å². The number of carbonyl (C=O) groups is 5. The first-order valence-corrected chi connectivity index (χ1v) is 19.4. The second kappa shape index (κ2) is 13.9. The fourth-order valence-electron chi connectivity index (χ4n) is 9.50. The molecule has 13 nitrogen and oxygen atoms in total. The Morgan fingerprint density at radius 2 is 1.57 bits per heavy atom. The molecule has 0 aromatic heterocycles. The molecule has 0 bridgehead atoms. The van der Waals surface area contributed by atoms with E-state index in [4.69, 9.17) is 16.3 Å². The van der Waals surface area contributed by atoms with Gasteiger partial charge in [-0.1, -0.05) is 39.3 Å². The fourth-order valence-corrected chi connectivity index (χ4v) is 9.71. The Balaban J connectivity index is 0.816. The number of hydrogen-bond donors (Lipinski definition) is 2. The molecule has 3 aromatic rings. The molecule has 5 amide bonds. The van der Waals surface area contributed by atoms with E-state index in [1.54, 1.807) is 30.3 Å². The maximum atomic E-state index is 13.5. The van der Waals surface area contributed by atoms with Gasteiger partial charge in [-0.2, -0.15) is 5.26 Å². The van der Waals surface area contributed by atoms with Gasteiger partial charge in [-0.3, -0.25) is 39.1 Å². The van der Waals surface area contributed by atoms with Gasteiger partial charge in [-0.05, 0) is 61.0 Å². The van der Waals surface area contributed by atoms with Crippen molar-refractivity contribution in [3.05, 3.63) is 87.9 Å². The summed E-state index contributed by atoms with van der Waals surface area (Å²) in [6.45, 7) is 12.9. The third kappa shape index (κ3) is 6.34. The monoisotopic (exact) mass is 777 g/mol. The minimum Gasteiger partial charge on any atom is -0.489 e. The number of amides is 5. The van der Waals surface area contributed by atoms with Crippen LogP contribution in [0.15, 0.2) is 60.7 Å². The van der Waals surface area contributed by atoms with Gasteiger partial charge in [-0.25, -0.2) is 0 Å². The SMILES string of the molecule is CC1(C)[C@H](Nc2ccc(C(=O)N3CCN(C4CN(c5ccc6c(c5)C(=O)N(C5CCC(=O)NC5=O)C6=O)C4)CC3)cc2)C(C)(C)[C@H]1Oc1ccc(C#N)c(Cl)c1. The summed E-state index contributed by atoms with van der Waals surface area (Å²) >= 11 is 6.26. The lowest BCUT2D eigenvalue weighted by molar-refractivity contribution is -0.147. The van der Waals surface area contributed by atoms with Crippen LogP contribution in [-0.2, 0) is 9.59 Å². The first kappa shape index (κ1) is 37.5. The zero-order chi connectivity index (χ0) is 39.7. The van der Waals surface area contributed by atoms with Crippen LogP contribution in [0.25, 0.3) is 0 Å². The summed E-state index contributed by atoms with van der Waals surface area (Å²) in [6, 6.07) is 19.5. The molecule has 1 aliphatic carbocycles. The summed E-state index contributed by atoms with van der Waals surface area (Å²) in [5, 5.41) is 15.5. The van der Waals surface area contributed by atoms with Gasteiger partial charge in [0.25, 0.3) is 17.7 Å². The minimum absolute atomic E-state index is 0.00832. The van der Waals surface area contributed by atoms with Crippen molar-refractivity contribution in [1.82, 2.24) is 20.0 Å². The van der Waals surface area contributed by atoms with Crippen LogP contribution in [0, 0.1) is 22.2 Å². The number of benzene rings is 3. The Bertz CT molecular complexity index is 2170. The van der Waals surface area contributed by atoms with Gasteiger partial charge in [0.05, 0.1) is 21.7 Å². The molecule has 4 fully saturated rings. The Labute approximate surface area is 330 Å². The third-order valence-corrected chi connectivity index (χ3v) is 12.7. The number of halogens is 1. The van der Waals surface area contributed by atoms with E-state index in [1.165, 1.54) is 0 Å². The van der Waals surface area contributed by atoms with Gasteiger partial charge in [0.2, 0.25) is 11.8 Å². The Hall–Kier alpha value is -5.45. The third-order valence-electron chi connectivity index (χ3n) is 12.4. The Morgan fingerprint density at radius 3 is 2.21 bits per heavy atom. The summed E-state index contributed by atoms with van der Waals surface area (Å²) in [7, 11) is 0. The highest BCUT2D eigenvalue weighted by molar-refractivity contribution is 6.31. The molecule has 1 saturated carbocycles. The summed E-state index contributed by atoms with van der Waals surface area (Å²) in [5.74, 6) is -1.41. The fraction of sp³-hybridized carbons (Fsp3) is 0.429. The molecule has 56 heavy (non-hydrogen) atoms. The highest BCUT2D eigenvalue weighted by Crippen LogP contribution is 2.56. The van der Waals surface area contributed by atoms with Crippen LogP contribution >= 0.6 is 11.6 Å². The number of fused-ring (bicyclic) bond motifs is 1.